The predicted molar refractivity (Wildman–Crippen MR) is 137 cm³/mol. The molecule has 0 atom stereocenters. The molecule has 2 aromatic carbocycles. The van der Waals surface area contributed by atoms with E-state index < -0.39 is 0 Å². The van der Waals surface area contributed by atoms with Crippen LogP contribution in [0.5, 0.6) is 5.75 Å². The van der Waals surface area contributed by atoms with Crippen LogP contribution in [0.1, 0.15) is 18.4 Å². The predicted octanol–water partition coefficient (Wildman–Crippen LogP) is 7.23. The lowest BCUT2D eigenvalue weighted by Crippen LogP contribution is -2.09. The van der Waals surface area contributed by atoms with Crippen molar-refractivity contribution in [2.75, 3.05) is 0 Å². The second-order valence-electron chi connectivity index (χ2n) is 7.64. The van der Waals surface area contributed by atoms with Gasteiger partial charge in [0.15, 0.2) is 5.75 Å². The molecule has 33 heavy (non-hydrogen) atoms. The molecule has 0 saturated carbocycles. The number of nitrogens with zero attached hydrogens (tertiary/aromatic N) is 2. The van der Waals surface area contributed by atoms with E-state index in [9.17, 15) is 4.79 Å². The summed E-state index contributed by atoms with van der Waals surface area (Å²) in [4.78, 5) is 25.1. The van der Waals surface area contributed by atoms with Crippen LogP contribution in [0.4, 0.5) is 0 Å². The largest absolute Gasteiger partial charge is 0.423 e. The van der Waals surface area contributed by atoms with Gasteiger partial charge in [0.25, 0.3) is 0 Å². The van der Waals surface area contributed by atoms with Gasteiger partial charge in [-0.1, -0.05) is 46.3 Å². The monoisotopic (exact) mass is 563 g/mol. The Balaban J connectivity index is 1.35. The number of halogens is 2. The summed E-state index contributed by atoms with van der Waals surface area (Å²) in [7, 11) is 0. The van der Waals surface area contributed by atoms with E-state index in [4.69, 9.17) is 4.74 Å². The summed E-state index contributed by atoms with van der Waals surface area (Å²) < 4.78 is 7.32. The fourth-order valence-electron chi connectivity index (χ4n) is 4.01. The van der Waals surface area contributed by atoms with Gasteiger partial charge in [0.05, 0.1) is 15.9 Å². The van der Waals surface area contributed by atoms with Gasteiger partial charge < -0.3 is 9.72 Å². The number of hydrogen-bond acceptors (Lipinski definition) is 4. The second kappa shape index (κ2) is 9.45. The van der Waals surface area contributed by atoms with E-state index in [0.29, 0.717) is 22.2 Å². The number of benzene rings is 2. The molecule has 0 aliphatic heterocycles. The summed E-state index contributed by atoms with van der Waals surface area (Å²) in [6, 6.07) is 19.7. The van der Waals surface area contributed by atoms with Gasteiger partial charge >= 0.3 is 5.97 Å². The van der Waals surface area contributed by atoms with Crippen LogP contribution in [0.25, 0.3) is 33.2 Å². The first-order valence-corrected chi connectivity index (χ1v) is 12.1. The van der Waals surface area contributed by atoms with Crippen molar-refractivity contribution in [2.45, 2.75) is 19.3 Å². The fourth-order valence-corrected chi connectivity index (χ4v) is 5.36. The van der Waals surface area contributed by atoms with Crippen LogP contribution in [-0.4, -0.2) is 20.9 Å². The van der Waals surface area contributed by atoms with E-state index in [1.807, 2.05) is 48.5 Å². The highest BCUT2D eigenvalue weighted by atomic mass is 79.9. The average molecular weight is 565 g/mol. The van der Waals surface area contributed by atoms with Gasteiger partial charge in [-0.05, 0) is 64.7 Å². The minimum atomic E-state index is -0.288. The van der Waals surface area contributed by atoms with E-state index >= 15 is 0 Å². The molecule has 7 heteroatoms. The van der Waals surface area contributed by atoms with Crippen molar-refractivity contribution in [2.24, 2.45) is 0 Å². The third-order valence-corrected chi connectivity index (χ3v) is 6.75. The molecule has 3 aromatic heterocycles. The Morgan fingerprint density at radius 2 is 1.70 bits per heavy atom. The topological polar surface area (TPSA) is 67.9 Å². The van der Waals surface area contributed by atoms with Gasteiger partial charge in [0.2, 0.25) is 0 Å². The number of nitrogens with one attached hydrogen (secondary N) is 1. The highest BCUT2D eigenvalue weighted by Gasteiger charge is 2.17. The van der Waals surface area contributed by atoms with Crippen LogP contribution in [0.2, 0.25) is 0 Å². The SMILES string of the molecule is O=C(CCCc1c(-c2ccccn2)[nH]c2ccccc12)Oc1c(Br)cc(Br)c2cccnc12. The highest BCUT2D eigenvalue weighted by molar-refractivity contribution is 9.11. The zero-order valence-electron chi connectivity index (χ0n) is 17.5. The summed E-state index contributed by atoms with van der Waals surface area (Å²) in [5.41, 5.74) is 4.75. The van der Waals surface area contributed by atoms with E-state index in [1.165, 1.54) is 0 Å². The number of fused-ring (bicyclic) bond motifs is 2. The number of para-hydroxylation sites is 1. The third kappa shape index (κ3) is 4.43. The van der Waals surface area contributed by atoms with Crippen molar-refractivity contribution in [1.29, 1.82) is 0 Å². The molecule has 0 amide bonds. The van der Waals surface area contributed by atoms with Crippen LogP contribution in [-0.2, 0) is 11.2 Å². The number of aromatic amines is 1. The molecule has 0 unspecified atom stereocenters. The summed E-state index contributed by atoms with van der Waals surface area (Å²) in [5, 5.41) is 2.04. The Morgan fingerprint density at radius 3 is 2.55 bits per heavy atom. The number of hydrogen-bond donors (Lipinski definition) is 1. The second-order valence-corrected chi connectivity index (χ2v) is 9.34. The molecule has 164 valence electrons. The molecule has 0 aliphatic carbocycles. The number of carbonyl (C=O) groups excluding carboxylic acids is 1. The van der Waals surface area contributed by atoms with Crippen molar-refractivity contribution in [1.82, 2.24) is 15.0 Å². The number of aromatic nitrogens is 3. The van der Waals surface area contributed by atoms with E-state index in [0.717, 1.165) is 44.1 Å². The maximum Gasteiger partial charge on any atom is 0.311 e. The van der Waals surface area contributed by atoms with Gasteiger partial charge in [-0.2, -0.15) is 0 Å². The highest BCUT2D eigenvalue weighted by Crippen LogP contribution is 2.37. The fraction of sp³-hybridized carbons (Fsp3) is 0.115. The van der Waals surface area contributed by atoms with Crippen molar-refractivity contribution in [3.8, 4) is 17.1 Å². The maximum absolute atomic E-state index is 12.7. The molecule has 5 rings (SSSR count). The Kier molecular flexibility index (Phi) is 6.24. The average Bonchev–Trinajstić information content (AvgIpc) is 3.21. The number of aryl methyl sites for hydroxylation is 1. The Labute approximate surface area is 207 Å². The van der Waals surface area contributed by atoms with Gasteiger partial charge in [-0.15, -0.1) is 0 Å². The van der Waals surface area contributed by atoms with Crippen LogP contribution in [0.3, 0.4) is 0 Å². The molecule has 0 aliphatic rings. The number of esters is 1. The molecular formula is C26H19Br2N3O2. The molecule has 5 aromatic rings. The first kappa shape index (κ1) is 21.8. The van der Waals surface area contributed by atoms with Crippen molar-refractivity contribution < 1.29 is 9.53 Å². The van der Waals surface area contributed by atoms with Gasteiger partial charge in [0, 0.05) is 39.6 Å². The van der Waals surface area contributed by atoms with Gasteiger partial charge in [-0.3, -0.25) is 14.8 Å². The number of carbonyl (C=O) groups is 1. The Bertz CT molecular complexity index is 1470. The minimum Gasteiger partial charge on any atom is -0.423 e. The zero-order valence-corrected chi connectivity index (χ0v) is 20.7. The Morgan fingerprint density at radius 1 is 0.909 bits per heavy atom. The molecule has 0 bridgehead atoms. The van der Waals surface area contributed by atoms with E-state index in [2.05, 4.69) is 58.9 Å². The lowest BCUT2D eigenvalue weighted by Gasteiger charge is -2.11. The normalized spacial score (nSPS) is 11.2. The summed E-state index contributed by atoms with van der Waals surface area (Å²) in [6.07, 6.45) is 5.15. The number of pyridine rings is 2. The molecule has 0 saturated heterocycles. The standard InChI is InChI=1S/C26H19Br2N3O2/c27-19-15-20(28)26(25-18(19)9-6-14-30-25)33-23(32)12-5-8-17-16-7-1-2-10-21(16)31-24(17)22-11-3-4-13-29-22/h1-4,6-7,9-11,13-15,31H,5,8,12H2. The summed E-state index contributed by atoms with van der Waals surface area (Å²) in [5.74, 6) is 0.157. The first-order chi connectivity index (χ1) is 16.1. The summed E-state index contributed by atoms with van der Waals surface area (Å²) in [6.45, 7) is 0. The molecule has 3 heterocycles. The van der Waals surface area contributed by atoms with Crippen LogP contribution < -0.4 is 4.74 Å². The molecular weight excluding hydrogens is 546 g/mol. The van der Waals surface area contributed by atoms with Crippen molar-refractivity contribution in [3.63, 3.8) is 0 Å². The molecule has 1 N–H and O–H groups in total. The lowest BCUT2D eigenvalue weighted by atomic mass is 10.0. The third-order valence-electron chi connectivity index (χ3n) is 5.51. The number of ether oxygens (including phenoxy) is 1. The number of rotatable bonds is 6. The van der Waals surface area contributed by atoms with Crippen molar-refractivity contribution >= 4 is 59.6 Å². The van der Waals surface area contributed by atoms with Gasteiger partial charge in [-0.25, -0.2) is 0 Å². The first-order valence-electron chi connectivity index (χ1n) is 10.6. The Hall–Kier alpha value is -3.03. The van der Waals surface area contributed by atoms with Crippen molar-refractivity contribution in [3.05, 3.63) is 87.6 Å². The lowest BCUT2D eigenvalue weighted by molar-refractivity contribution is -0.134. The molecule has 0 spiro atoms. The molecule has 0 radical (unpaired) electrons. The van der Waals surface area contributed by atoms with E-state index in [1.54, 1.807) is 12.4 Å². The smallest absolute Gasteiger partial charge is 0.311 e. The van der Waals surface area contributed by atoms with Crippen LogP contribution in [0, 0.1) is 0 Å². The number of H-pyrrole nitrogens is 1. The maximum atomic E-state index is 12.7. The molecule has 5 nitrogen and oxygen atoms in total. The van der Waals surface area contributed by atoms with E-state index in [-0.39, 0.29) is 12.4 Å². The van der Waals surface area contributed by atoms with Crippen LogP contribution >= 0.6 is 31.9 Å². The van der Waals surface area contributed by atoms with Crippen LogP contribution in [0.15, 0.2) is 82.0 Å². The quantitative estimate of drug-likeness (QED) is 0.174. The molecule has 0 fully saturated rings. The zero-order chi connectivity index (χ0) is 22.8. The summed E-state index contributed by atoms with van der Waals surface area (Å²) >= 11 is 7.04. The minimum absolute atomic E-state index is 0.288. The van der Waals surface area contributed by atoms with Gasteiger partial charge in [0.1, 0.15) is 5.52 Å².